The molecule has 9 heteroatoms. The van der Waals surface area contributed by atoms with Crippen LogP contribution in [0.4, 0.5) is 10.3 Å². The van der Waals surface area contributed by atoms with E-state index >= 15 is 0 Å². The first kappa shape index (κ1) is 17.5. The number of benzene rings is 2. The fraction of sp³-hybridized carbons (Fsp3) is 0.118. The number of fused-ring (bicyclic) bond motifs is 2. The molecule has 0 bridgehead atoms. The van der Waals surface area contributed by atoms with E-state index in [-0.39, 0.29) is 0 Å². The molecule has 2 aromatic heterocycles. The van der Waals surface area contributed by atoms with Gasteiger partial charge in [0, 0.05) is 16.6 Å². The summed E-state index contributed by atoms with van der Waals surface area (Å²) in [5.41, 5.74) is 1.71. The van der Waals surface area contributed by atoms with E-state index < -0.39 is 0 Å². The molecule has 0 aliphatic rings. The van der Waals surface area contributed by atoms with Gasteiger partial charge in [-0.15, -0.1) is 0 Å². The van der Waals surface area contributed by atoms with E-state index in [4.69, 9.17) is 23.2 Å². The van der Waals surface area contributed by atoms with Crippen LogP contribution in [-0.2, 0) is 0 Å². The van der Waals surface area contributed by atoms with Crippen molar-refractivity contribution in [3.63, 3.8) is 0 Å². The van der Waals surface area contributed by atoms with E-state index in [0.717, 1.165) is 30.7 Å². The van der Waals surface area contributed by atoms with Crippen molar-refractivity contribution < 1.29 is 0 Å². The van der Waals surface area contributed by atoms with Gasteiger partial charge in [0.25, 0.3) is 0 Å². The lowest BCUT2D eigenvalue weighted by molar-refractivity contribution is 1.12. The van der Waals surface area contributed by atoms with Crippen molar-refractivity contribution in [2.24, 2.45) is 4.99 Å². The number of nitrogens with one attached hydrogen (secondary N) is 2. The summed E-state index contributed by atoms with van der Waals surface area (Å²) in [6.07, 6.45) is 0. The minimum Gasteiger partial charge on any atom is -0.302 e. The smallest absolute Gasteiger partial charge is 0.203 e. The van der Waals surface area contributed by atoms with Gasteiger partial charge in [0.05, 0.1) is 20.4 Å². The Labute approximate surface area is 167 Å². The predicted octanol–water partition coefficient (Wildman–Crippen LogP) is 6.11. The first-order valence-electron chi connectivity index (χ1n) is 7.81. The second-order valence-corrected chi connectivity index (χ2v) is 8.27. The maximum Gasteiger partial charge on any atom is 0.203 e. The van der Waals surface area contributed by atoms with Crippen molar-refractivity contribution in [3.8, 4) is 0 Å². The van der Waals surface area contributed by atoms with Crippen LogP contribution < -0.4 is 10.6 Å². The van der Waals surface area contributed by atoms with Gasteiger partial charge in [-0.2, -0.15) is 0 Å². The van der Waals surface area contributed by atoms with Crippen LogP contribution in [0.3, 0.4) is 0 Å². The third-order valence-electron chi connectivity index (χ3n) is 3.47. The van der Waals surface area contributed by atoms with Crippen molar-refractivity contribution in [2.75, 3.05) is 17.2 Å². The fourth-order valence-corrected chi connectivity index (χ4v) is 4.40. The van der Waals surface area contributed by atoms with Crippen LogP contribution in [0.1, 0.15) is 6.92 Å². The van der Waals surface area contributed by atoms with Gasteiger partial charge in [0.15, 0.2) is 10.3 Å². The molecule has 0 aliphatic carbocycles. The Bertz CT molecular complexity index is 1030. The van der Waals surface area contributed by atoms with Gasteiger partial charge >= 0.3 is 0 Å². The van der Waals surface area contributed by atoms with Crippen LogP contribution in [0, 0.1) is 0 Å². The molecule has 4 rings (SSSR count). The molecule has 0 radical (unpaired) electrons. The average molecular weight is 422 g/mol. The van der Waals surface area contributed by atoms with Crippen molar-refractivity contribution in [2.45, 2.75) is 6.92 Å². The number of hydrogen-bond acceptors (Lipinski definition) is 5. The lowest BCUT2D eigenvalue weighted by Crippen LogP contribution is -2.22. The van der Waals surface area contributed by atoms with E-state index in [2.05, 4.69) is 25.6 Å². The number of nitrogens with zero attached hydrogens (tertiary/aromatic N) is 3. The van der Waals surface area contributed by atoms with Gasteiger partial charge in [-0.1, -0.05) is 45.9 Å². The molecule has 0 unspecified atom stereocenters. The molecule has 0 saturated heterocycles. The Morgan fingerprint density at radius 3 is 1.88 bits per heavy atom. The highest BCUT2D eigenvalue weighted by Gasteiger charge is 2.10. The van der Waals surface area contributed by atoms with E-state index in [9.17, 15) is 0 Å². The summed E-state index contributed by atoms with van der Waals surface area (Å²) in [6.45, 7) is 2.60. The average Bonchev–Trinajstić information content (AvgIpc) is 3.16. The van der Waals surface area contributed by atoms with Crippen LogP contribution >= 0.6 is 45.9 Å². The number of anilines is 2. The van der Waals surface area contributed by atoms with Gasteiger partial charge in [-0.05, 0) is 43.3 Å². The fourth-order valence-electron chi connectivity index (χ4n) is 2.38. The number of rotatable bonds is 3. The number of aromatic nitrogens is 2. The van der Waals surface area contributed by atoms with Crippen molar-refractivity contribution in [1.29, 1.82) is 0 Å². The predicted molar refractivity (Wildman–Crippen MR) is 114 cm³/mol. The van der Waals surface area contributed by atoms with Crippen LogP contribution in [0.25, 0.3) is 20.4 Å². The SMILES string of the molecule is CCN=C(Nc1nc2cc(Cl)ccc2s1)Nc1nc2cc(Cl)ccc2s1. The molecule has 132 valence electrons. The normalized spacial score (nSPS) is 11.0. The molecule has 2 N–H and O–H groups in total. The molecule has 0 spiro atoms. The summed E-state index contributed by atoms with van der Waals surface area (Å²) >= 11 is 15.1. The maximum absolute atomic E-state index is 6.03. The topological polar surface area (TPSA) is 62.2 Å². The summed E-state index contributed by atoms with van der Waals surface area (Å²) in [5, 5.41) is 9.30. The summed E-state index contributed by atoms with van der Waals surface area (Å²) in [4.78, 5) is 13.6. The molecule has 0 amide bonds. The Hall–Kier alpha value is -1.93. The van der Waals surface area contributed by atoms with Crippen LogP contribution in [0.15, 0.2) is 41.4 Å². The van der Waals surface area contributed by atoms with Crippen LogP contribution in [0.5, 0.6) is 0 Å². The minimum atomic E-state index is 0.600. The van der Waals surface area contributed by atoms with Crippen LogP contribution in [0.2, 0.25) is 10.0 Å². The lowest BCUT2D eigenvalue weighted by Gasteiger charge is -2.07. The number of hydrogen-bond donors (Lipinski definition) is 2. The van der Waals surface area contributed by atoms with Crippen molar-refractivity contribution in [3.05, 3.63) is 46.4 Å². The summed E-state index contributed by atoms with van der Waals surface area (Å²) in [5.74, 6) is 0.600. The number of thiazole rings is 2. The highest BCUT2D eigenvalue weighted by atomic mass is 35.5. The highest BCUT2D eigenvalue weighted by molar-refractivity contribution is 7.23. The van der Waals surface area contributed by atoms with Crippen LogP contribution in [-0.4, -0.2) is 22.5 Å². The minimum absolute atomic E-state index is 0.600. The molecule has 26 heavy (non-hydrogen) atoms. The number of guanidine groups is 1. The van der Waals surface area contributed by atoms with Crippen molar-refractivity contribution >= 4 is 82.5 Å². The third kappa shape index (κ3) is 3.76. The molecule has 0 atom stereocenters. The molecule has 2 heterocycles. The Morgan fingerprint density at radius 2 is 1.42 bits per heavy atom. The van der Waals surface area contributed by atoms with Gasteiger partial charge in [-0.25, -0.2) is 9.97 Å². The summed E-state index contributed by atoms with van der Waals surface area (Å²) in [7, 11) is 0. The Balaban J connectivity index is 1.59. The summed E-state index contributed by atoms with van der Waals surface area (Å²) in [6, 6.07) is 11.3. The second-order valence-electron chi connectivity index (χ2n) is 5.34. The molecular formula is C17H13Cl2N5S2. The largest absolute Gasteiger partial charge is 0.302 e. The highest BCUT2D eigenvalue weighted by Crippen LogP contribution is 2.30. The molecule has 0 saturated carbocycles. The molecule has 0 fully saturated rings. The van der Waals surface area contributed by atoms with E-state index in [1.807, 2.05) is 43.3 Å². The zero-order valence-electron chi connectivity index (χ0n) is 13.6. The molecule has 0 aliphatic heterocycles. The Morgan fingerprint density at radius 1 is 0.923 bits per heavy atom. The zero-order chi connectivity index (χ0) is 18.1. The van der Waals surface area contributed by atoms with Crippen molar-refractivity contribution in [1.82, 2.24) is 9.97 Å². The number of halogens is 2. The second kappa shape index (κ2) is 7.36. The quantitative estimate of drug-likeness (QED) is 0.309. The third-order valence-corrected chi connectivity index (χ3v) is 5.84. The number of aliphatic imine (C=N–C) groups is 1. The zero-order valence-corrected chi connectivity index (χ0v) is 16.7. The van der Waals surface area contributed by atoms with E-state index in [0.29, 0.717) is 22.5 Å². The standard InChI is InChI=1S/C17H13Cl2N5S2/c1-2-20-15(23-16-21-11-7-9(18)3-5-13(11)25-16)24-17-22-12-8-10(19)4-6-14(12)26-17/h3-8H,2H2,1H3,(H2,20,21,22,23,24). The van der Waals surface area contributed by atoms with Gasteiger partial charge in [-0.3, -0.25) is 4.99 Å². The van der Waals surface area contributed by atoms with E-state index in [1.165, 1.54) is 0 Å². The van der Waals surface area contributed by atoms with Gasteiger partial charge in [0.2, 0.25) is 5.96 Å². The lowest BCUT2D eigenvalue weighted by atomic mass is 10.3. The molecule has 2 aromatic carbocycles. The monoisotopic (exact) mass is 421 g/mol. The first-order valence-corrected chi connectivity index (χ1v) is 10.2. The van der Waals surface area contributed by atoms with Gasteiger partial charge < -0.3 is 10.6 Å². The molecule has 5 nitrogen and oxygen atoms in total. The summed E-state index contributed by atoms with van der Waals surface area (Å²) < 4.78 is 2.12. The first-order chi connectivity index (χ1) is 12.6. The van der Waals surface area contributed by atoms with E-state index in [1.54, 1.807) is 22.7 Å². The molecular weight excluding hydrogens is 409 g/mol. The Kier molecular flexibility index (Phi) is 4.95. The molecule has 4 aromatic rings. The maximum atomic E-state index is 6.03. The van der Waals surface area contributed by atoms with Gasteiger partial charge in [0.1, 0.15) is 0 Å².